The Morgan fingerprint density at radius 3 is 2.39 bits per heavy atom. The van der Waals surface area contributed by atoms with Gasteiger partial charge >= 0.3 is 5.97 Å². The SMILES string of the molecule is CCOc1ccc(NC(=O)[C@H](C)OC(=O)c2cc(S(N)(=O)=O)ccc2F)cc1. The van der Waals surface area contributed by atoms with Crippen molar-refractivity contribution in [2.45, 2.75) is 24.8 Å². The molecule has 0 aliphatic heterocycles. The molecule has 0 unspecified atom stereocenters. The van der Waals surface area contributed by atoms with Crippen molar-refractivity contribution in [1.82, 2.24) is 0 Å². The zero-order valence-corrected chi connectivity index (χ0v) is 16.0. The molecule has 0 aliphatic carbocycles. The van der Waals surface area contributed by atoms with Gasteiger partial charge in [0, 0.05) is 5.69 Å². The molecule has 1 atom stereocenters. The lowest BCUT2D eigenvalue weighted by Gasteiger charge is -2.14. The number of esters is 1. The summed E-state index contributed by atoms with van der Waals surface area (Å²) in [6, 6.07) is 8.97. The van der Waals surface area contributed by atoms with Crippen LogP contribution in [-0.4, -0.2) is 33.0 Å². The molecule has 0 bridgehead atoms. The number of amides is 1. The summed E-state index contributed by atoms with van der Waals surface area (Å²) in [6.45, 7) is 3.64. The number of anilines is 1. The first-order valence-corrected chi connectivity index (χ1v) is 9.73. The average molecular weight is 410 g/mol. The third kappa shape index (κ3) is 5.51. The van der Waals surface area contributed by atoms with Crippen molar-refractivity contribution in [3.63, 3.8) is 0 Å². The Balaban J connectivity index is 2.06. The minimum atomic E-state index is -4.13. The van der Waals surface area contributed by atoms with Gasteiger partial charge in [0.1, 0.15) is 11.6 Å². The van der Waals surface area contributed by atoms with Crippen LogP contribution >= 0.6 is 0 Å². The van der Waals surface area contributed by atoms with Crippen molar-refractivity contribution in [2.75, 3.05) is 11.9 Å². The van der Waals surface area contributed by atoms with Crippen LogP contribution in [0.15, 0.2) is 47.4 Å². The first kappa shape index (κ1) is 21.3. The summed E-state index contributed by atoms with van der Waals surface area (Å²) in [4.78, 5) is 23.9. The number of primary sulfonamides is 1. The number of nitrogens with one attached hydrogen (secondary N) is 1. The smallest absolute Gasteiger partial charge is 0.341 e. The summed E-state index contributed by atoms with van der Waals surface area (Å²) in [5.74, 6) is -2.22. The second-order valence-electron chi connectivity index (χ2n) is 5.68. The maximum Gasteiger partial charge on any atom is 0.341 e. The van der Waals surface area contributed by atoms with Crippen molar-refractivity contribution < 1.29 is 31.9 Å². The standard InChI is InChI=1S/C18H19FN2O6S/c1-3-26-13-6-4-12(5-7-13)21-17(22)11(2)27-18(23)15-10-14(28(20,24)25)8-9-16(15)19/h4-11H,3H2,1-2H3,(H,21,22)(H2,20,24,25)/t11-/m0/s1. The Bertz CT molecular complexity index is 976. The van der Waals surface area contributed by atoms with Gasteiger partial charge in [-0.15, -0.1) is 0 Å². The Morgan fingerprint density at radius 2 is 1.82 bits per heavy atom. The van der Waals surface area contributed by atoms with Gasteiger partial charge in [0.05, 0.1) is 17.1 Å². The van der Waals surface area contributed by atoms with Crippen LogP contribution in [0.2, 0.25) is 0 Å². The highest BCUT2D eigenvalue weighted by Gasteiger charge is 2.23. The molecule has 8 nitrogen and oxygen atoms in total. The van der Waals surface area contributed by atoms with E-state index in [4.69, 9.17) is 14.6 Å². The molecule has 2 aromatic rings. The highest BCUT2D eigenvalue weighted by Crippen LogP contribution is 2.18. The van der Waals surface area contributed by atoms with E-state index in [-0.39, 0.29) is 0 Å². The van der Waals surface area contributed by atoms with Crippen molar-refractivity contribution in [2.24, 2.45) is 5.14 Å². The van der Waals surface area contributed by atoms with Gasteiger partial charge in [0.25, 0.3) is 5.91 Å². The van der Waals surface area contributed by atoms with Crippen molar-refractivity contribution >= 4 is 27.6 Å². The summed E-state index contributed by atoms with van der Waals surface area (Å²) in [6.07, 6.45) is -1.27. The van der Waals surface area contributed by atoms with E-state index in [2.05, 4.69) is 5.32 Å². The number of rotatable bonds is 7. The highest BCUT2D eigenvalue weighted by atomic mass is 32.2. The first-order valence-electron chi connectivity index (χ1n) is 8.19. The third-order valence-electron chi connectivity index (χ3n) is 3.57. The van der Waals surface area contributed by atoms with Crippen molar-refractivity contribution in [3.8, 4) is 5.75 Å². The topological polar surface area (TPSA) is 125 Å². The predicted octanol–water partition coefficient (Wildman–Crippen LogP) is 2.06. The third-order valence-corrected chi connectivity index (χ3v) is 4.48. The lowest BCUT2D eigenvalue weighted by Crippen LogP contribution is -2.30. The maximum atomic E-state index is 13.9. The molecule has 0 saturated carbocycles. The number of benzene rings is 2. The number of ether oxygens (including phenoxy) is 2. The van der Waals surface area contributed by atoms with Crippen LogP contribution in [0.4, 0.5) is 10.1 Å². The molecule has 0 aliphatic rings. The monoisotopic (exact) mass is 410 g/mol. The number of carbonyl (C=O) groups excluding carboxylic acids is 2. The van der Waals surface area contributed by atoms with Gasteiger partial charge < -0.3 is 14.8 Å². The molecular weight excluding hydrogens is 391 g/mol. The van der Waals surface area contributed by atoms with E-state index in [9.17, 15) is 22.4 Å². The number of nitrogens with two attached hydrogens (primary N) is 1. The van der Waals surface area contributed by atoms with Gasteiger partial charge in [-0.25, -0.2) is 22.7 Å². The highest BCUT2D eigenvalue weighted by molar-refractivity contribution is 7.89. The lowest BCUT2D eigenvalue weighted by molar-refractivity contribution is -0.123. The van der Waals surface area contributed by atoms with E-state index in [0.29, 0.717) is 18.0 Å². The van der Waals surface area contributed by atoms with Crippen molar-refractivity contribution in [1.29, 1.82) is 0 Å². The molecule has 150 valence electrons. The number of sulfonamides is 1. The van der Waals surface area contributed by atoms with Gasteiger partial charge in [0.15, 0.2) is 6.10 Å². The number of halogens is 1. The number of hydrogen-bond acceptors (Lipinski definition) is 6. The van der Waals surface area contributed by atoms with Gasteiger partial charge in [-0.05, 0) is 56.3 Å². The Hall–Kier alpha value is -2.98. The fourth-order valence-electron chi connectivity index (χ4n) is 2.16. The summed E-state index contributed by atoms with van der Waals surface area (Å²) < 4.78 is 46.8. The minimum Gasteiger partial charge on any atom is -0.494 e. The molecule has 0 heterocycles. The normalized spacial score (nSPS) is 12.1. The van der Waals surface area contributed by atoms with Gasteiger partial charge in [0.2, 0.25) is 10.0 Å². The van der Waals surface area contributed by atoms with E-state index in [1.54, 1.807) is 24.3 Å². The maximum absolute atomic E-state index is 13.9. The van der Waals surface area contributed by atoms with Crippen molar-refractivity contribution in [3.05, 3.63) is 53.8 Å². The summed E-state index contributed by atoms with van der Waals surface area (Å²) in [5.41, 5.74) is -0.203. The fourth-order valence-corrected chi connectivity index (χ4v) is 2.70. The molecule has 0 spiro atoms. The van der Waals surface area contributed by atoms with Gasteiger partial charge in [-0.2, -0.15) is 0 Å². The van der Waals surface area contributed by atoms with E-state index in [1.165, 1.54) is 6.92 Å². The average Bonchev–Trinajstić information content (AvgIpc) is 2.62. The summed E-state index contributed by atoms with van der Waals surface area (Å²) in [7, 11) is -4.13. The van der Waals surface area contributed by atoms with Crippen LogP contribution in [0.5, 0.6) is 5.75 Å². The Morgan fingerprint density at radius 1 is 1.18 bits per heavy atom. The molecule has 3 N–H and O–H groups in total. The van der Waals surface area contributed by atoms with Crippen LogP contribution < -0.4 is 15.2 Å². The fraction of sp³-hybridized carbons (Fsp3) is 0.222. The summed E-state index contributed by atoms with van der Waals surface area (Å²) >= 11 is 0. The zero-order valence-electron chi connectivity index (χ0n) is 15.1. The first-order chi connectivity index (χ1) is 13.1. The molecule has 0 radical (unpaired) electrons. The van der Waals surface area contributed by atoms with Gasteiger partial charge in [-0.3, -0.25) is 4.79 Å². The largest absolute Gasteiger partial charge is 0.494 e. The van der Waals surface area contributed by atoms with Gasteiger partial charge in [-0.1, -0.05) is 0 Å². The molecule has 0 fully saturated rings. The number of hydrogen-bond donors (Lipinski definition) is 2. The van der Waals surface area contributed by atoms with Crippen LogP contribution in [0.1, 0.15) is 24.2 Å². The Labute approximate surface area is 161 Å². The molecule has 0 aromatic heterocycles. The second kappa shape index (κ2) is 8.81. The van der Waals surface area contributed by atoms with Crippen LogP contribution in [0.25, 0.3) is 0 Å². The predicted molar refractivity (Wildman–Crippen MR) is 98.9 cm³/mol. The van der Waals surface area contributed by atoms with E-state index in [1.807, 2.05) is 6.92 Å². The minimum absolute atomic E-state index is 0.443. The molecule has 10 heteroatoms. The van der Waals surface area contributed by atoms with Crippen LogP contribution in [0, 0.1) is 5.82 Å². The van der Waals surface area contributed by atoms with E-state index >= 15 is 0 Å². The lowest BCUT2D eigenvalue weighted by atomic mass is 10.2. The second-order valence-corrected chi connectivity index (χ2v) is 7.24. The molecule has 1 amide bonds. The van der Waals surface area contributed by atoms with Crippen LogP contribution in [0.3, 0.4) is 0 Å². The van der Waals surface area contributed by atoms with Crippen LogP contribution in [-0.2, 0) is 19.6 Å². The molecular formula is C18H19FN2O6S. The summed E-state index contributed by atoms with van der Waals surface area (Å²) in [5, 5.41) is 7.50. The Kier molecular flexibility index (Phi) is 6.71. The molecule has 2 rings (SSSR count). The van der Waals surface area contributed by atoms with E-state index in [0.717, 1.165) is 18.2 Å². The molecule has 28 heavy (non-hydrogen) atoms. The molecule has 2 aromatic carbocycles. The zero-order chi connectivity index (χ0) is 20.9. The quantitative estimate of drug-likeness (QED) is 0.673. The van der Waals surface area contributed by atoms with E-state index < -0.39 is 44.3 Å². The molecule has 0 saturated heterocycles. The number of carbonyl (C=O) groups is 2.